The van der Waals surface area contributed by atoms with Crippen molar-refractivity contribution in [2.24, 2.45) is 5.73 Å². The van der Waals surface area contributed by atoms with Crippen LogP contribution in [0, 0.1) is 18.6 Å². The normalized spacial score (nSPS) is 11.8. The van der Waals surface area contributed by atoms with Crippen LogP contribution in [-0.2, 0) is 73.4 Å². The van der Waals surface area contributed by atoms with Crippen molar-refractivity contribution >= 4 is 64.2 Å². The molecule has 4 N–H and O–H groups in total. The molecule has 0 bridgehead atoms. The van der Waals surface area contributed by atoms with Gasteiger partial charge in [-0.1, -0.05) is 107 Å². The van der Waals surface area contributed by atoms with Crippen molar-refractivity contribution in [1.82, 2.24) is 5.32 Å². The summed E-state index contributed by atoms with van der Waals surface area (Å²) in [5.41, 5.74) is 0.132. The fraction of sp³-hybridized carbons (Fsp3) is 0.221. The second-order valence-corrected chi connectivity index (χ2v) is 22.3. The van der Waals surface area contributed by atoms with E-state index in [-0.39, 0.29) is 65.5 Å². The van der Waals surface area contributed by atoms with Gasteiger partial charge in [0, 0.05) is 28.4 Å². The summed E-state index contributed by atoms with van der Waals surface area (Å²) in [6.45, 7) is 5.55. The molecule has 8 rings (SSSR count). The summed E-state index contributed by atoms with van der Waals surface area (Å²) in [5, 5.41) is 10.4. The van der Waals surface area contributed by atoms with Crippen LogP contribution in [0.5, 0.6) is 23.0 Å². The maximum absolute atomic E-state index is 14.1. The molecule has 1 amide bonds. The Labute approximate surface area is 607 Å². The number of carboxylic acids is 1. The number of hydrogen-bond donors (Lipinski definition) is 3. The molecule has 0 fully saturated rings. The summed E-state index contributed by atoms with van der Waals surface area (Å²) in [6, 6.07) is 34.2. The van der Waals surface area contributed by atoms with Gasteiger partial charge in [0.1, 0.15) is 34.6 Å². The Morgan fingerprint density at radius 1 is 0.500 bits per heavy atom. The molecule has 12 nitrogen and oxygen atoms in total. The second kappa shape index (κ2) is 38.0. The van der Waals surface area contributed by atoms with E-state index >= 15 is 0 Å². The van der Waals surface area contributed by atoms with Gasteiger partial charge in [-0.2, -0.15) is 26.3 Å². The van der Waals surface area contributed by atoms with Crippen LogP contribution in [0.1, 0.15) is 90.6 Å². The number of aryl methyl sites for hydroxylation is 1. The molecule has 556 valence electrons. The zero-order chi connectivity index (χ0) is 78.4. The number of benzene rings is 8. The third-order valence-electron chi connectivity index (χ3n) is 13.7. The molecule has 36 heteroatoms. The molecular weight excluding hydrogens is 1650 g/mol. The van der Waals surface area contributed by atoms with Gasteiger partial charge in [-0.05, 0) is 167 Å². The molecule has 0 unspecified atom stereocenters. The summed E-state index contributed by atoms with van der Waals surface area (Å²) in [7, 11) is 0. The van der Waals surface area contributed by atoms with Crippen molar-refractivity contribution in [3.63, 3.8) is 0 Å². The van der Waals surface area contributed by atoms with E-state index in [2.05, 4.69) is 65.5 Å². The van der Waals surface area contributed by atoms with Gasteiger partial charge in [-0.3, -0.25) is 19.2 Å². The van der Waals surface area contributed by atoms with E-state index in [0.717, 1.165) is 71.2 Å². The number of ether oxygens (including phenoxy) is 5. The quantitative estimate of drug-likeness (QED) is 0.0218. The number of nitrogens with two attached hydrogens (primary N) is 1. The number of rotatable bonds is 20. The third-order valence-corrected chi connectivity index (χ3v) is 14.4. The van der Waals surface area contributed by atoms with Gasteiger partial charge in [0.15, 0.2) is 0 Å². The fourth-order valence-electron chi connectivity index (χ4n) is 9.34. The SMILES string of the molecule is NC(Cc1ccc(Br)cc1)(c1cccc(OC(F)(F)F)c1)c1cccc(OC(F)(F)F)c1.O=C(Cl)c1ccc(F)c(C(F)(F)F)c1.O=C(O)CCc1ccc(CC(NC(=O)c2ccc(F)c(C(F)(F)F)c2)(c2cccc(OC(F)(F)F)c2)c2cccc(OC(F)(F)F)c2)cc1.[CH2-]CC(=O)OCC.[Zn+][Br]. The van der Waals surface area contributed by atoms with Crippen molar-refractivity contribution < 1.29 is 152 Å². The molecule has 0 saturated carbocycles. The maximum atomic E-state index is 14.1. The molecule has 0 heterocycles. The van der Waals surface area contributed by atoms with Gasteiger partial charge in [0.25, 0.3) is 17.1 Å². The zero-order valence-electron chi connectivity index (χ0n) is 52.9. The number of esters is 1. The van der Waals surface area contributed by atoms with Crippen LogP contribution in [0.3, 0.4) is 0 Å². The van der Waals surface area contributed by atoms with Gasteiger partial charge in [0.05, 0.1) is 28.8 Å². The monoisotopic (exact) mass is 1690 g/mol. The molecule has 0 aromatic heterocycles. The number of carbonyl (C=O) groups excluding carboxylic acids is 3. The van der Waals surface area contributed by atoms with E-state index in [1.165, 1.54) is 77.0 Å². The van der Waals surface area contributed by atoms with E-state index in [0.29, 0.717) is 47.6 Å². The van der Waals surface area contributed by atoms with Crippen LogP contribution < -0.4 is 30.0 Å². The van der Waals surface area contributed by atoms with Gasteiger partial charge in [-0.15, -0.1) is 52.7 Å². The van der Waals surface area contributed by atoms with Gasteiger partial charge in [-0.25, -0.2) is 8.78 Å². The number of carboxylic acid groups (broad SMARTS) is 1. The third kappa shape index (κ3) is 28.8. The van der Waals surface area contributed by atoms with Gasteiger partial charge in [0.2, 0.25) is 0 Å². The van der Waals surface area contributed by atoms with Crippen LogP contribution >= 0.6 is 41.2 Å². The first-order chi connectivity index (χ1) is 48.2. The van der Waals surface area contributed by atoms with Crippen molar-refractivity contribution in [2.75, 3.05) is 6.61 Å². The van der Waals surface area contributed by atoms with Crippen LogP contribution in [0.2, 0.25) is 0 Å². The second-order valence-electron chi connectivity index (χ2n) is 21.0. The van der Waals surface area contributed by atoms with E-state index in [9.17, 15) is 107 Å². The van der Waals surface area contributed by atoms with Crippen LogP contribution in [0.15, 0.2) is 186 Å². The van der Waals surface area contributed by atoms with E-state index in [4.69, 9.17) is 22.4 Å². The van der Waals surface area contributed by atoms with Crippen molar-refractivity contribution in [3.8, 4) is 23.0 Å². The zero-order valence-corrected chi connectivity index (χ0v) is 59.8. The standard InChI is InChI=1S/C33H23F10NO5.C22H16BrF6NO2.C8H3ClF4O.C5H9O2.BrH.Zn/c34-27-13-12-21(15-26(27)31(35,36)37)29(47)44-30(22-3-1-5-24(16-22)48-32(38,39)40,23-4-2-6-25(17-23)49-33(41,42)43)18-20-9-7-19(8-10-20)11-14-28(45)46;23-17-9-7-14(8-10-17)13-20(30,15-3-1-5-18(11-15)31-21(24,25)26)16-4-2-6-19(12-16)32-22(27,28)29;9-7(14)4-1-2-6(10)5(3-4)8(11,12)13;1-3-5(6)7-4-2;;/h1-10,12-13,15-17H,11,14,18H2,(H,44,47)(H,45,46);1-12H,13,30H2;1-3H;1,3-4H2,2H3;1H;/q;;;-1;;+2/p-1. The molecule has 8 aromatic rings. The summed E-state index contributed by atoms with van der Waals surface area (Å²) in [4.78, 5) is 45.4. The predicted molar refractivity (Wildman–Crippen MR) is 338 cm³/mol. The molecule has 0 atom stereocenters. The molecule has 8 aromatic carbocycles. The van der Waals surface area contributed by atoms with E-state index < -0.39 is 124 Å². The Kier molecular flexibility index (Phi) is 32.1. The van der Waals surface area contributed by atoms with Crippen LogP contribution in [0.4, 0.5) is 87.8 Å². The topological polar surface area (TPSA) is 173 Å². The number of hydrogen-bond acceptors (Lipinski definition) is 10. The van der Waals surface area contributed by atoms with Gasteiger partial charge >= 0.3 is 73.7 Å². The number of halogens is 23. The average Bonchev–Trinajstić information content (AvgIpc) is 0.763. The van der Waals surface area contributed by atoms with Crippen molar-refractivity contribution in [2.45, 2.75) is 87.9 Å². The number of carbonyl (C=O) groups is 4. The molecule has 104 heavy (non-hydrogen) atoms. The minimum absolute atomic E-state index is 0.0746. The molecule has 0 aliphatic rings. The summed E-state index contributed by atoms with van der Waals surface area (Å²) in [5.74, 6) is -8.37. The molecule has 0 radical (unpaired) electrons. The summed E-state index contributed by atoms with van der Waals surface area (Å²) >= 11 is 12.5. The van der Waals surface area contributed by atoms with Crippen molar-refractivity contribution in [1.29, 1.82) is 0 Å². The Morgan fingerprint density at radius 2 is 0.846 bits per heavy atom. The Morgan fingerprint density at radius 3 is 1.19 bits per heavy atom. The number of nitrogens with one attached hydrogen (secondary N) is 1. The number of amides is 1. The van der Waals surface area contributed by atoms with Crippen LogP contribution in [-0.4, -0.2) is 60.3 Å². The first-order valence-electron chi connectivity index (χ1n) is 29.0. The average molecular weight is 1700 g/mol. The molecular formula is C68H51Br2ClF20N2O10Zn. The molecule has 0 aliphatic heterocycles. The minimum atomic E-state index is -5.23. The van der Waals surface area contributed by atoms with E-state index in [1.54, 1.807) is 31.2 Å². The predicted octanol–water partition coefficient (Wildman–Crippen LogP) is 20.1. The van der Waals surface area contributed by atoms with Crippen LogP contribution in [0.25, 0.3) is 0 Å². The summed E-state index contributed by atoms with van der Waals surface area (Å²) < 4.78 is 281. The molecule has 0 spiro atoms. The number of aliphatic carboxylic acids is 1. The first-order valence-corrected chi connectivity index (χ1v) is 37.1. The van der Waals surface area contributed by atoms with Crippen molar-refractivity contribution in [3.05, 3.63) is 266 Å². The Hall–Kier alpha value is -8.53. The fourth-order valence-corrected chi connectivity index (χ4v) is 9.72. The Bertz CT molecular complexity index is 4040. The molecule has 0 aliphatic carbocycles. The first kappa shape index (κ1) is 87.9. The van der Waals surface area contributed by atoms with E-state index in [1.807, 2.05) is 0 Å². The Balaban J connectivity index is 0.000000352. The van der Waals surface area contributed by atoms with Gasteiger partial charge < -0.3 is 46.8 Å². The molecule has 0 saturated heterocycles. The summed E-state index contributed by atoms with van der Waals surface area (Å²) in [6.07, 6.45) is -30.5. The number of alkyl halides is 18.